The minimum absolute atomic E-state index is 0.0538. The number of ether oxygens (including phenoxy) is 2. The van der Waals surface area contributed by atoms with Crippen LogP contribution >= 0.6 is 11.6 Å². The minimum atomic E-state index is -1.02. The molecule has 1 saturated heterocycles. The number of carbonyl (C=O) groups is 2. The average Bonchev–Trinajstić information content (AvgIpc) is 3.28. The molecular formula is C26H29ClN4O5. The third-order valence-electron chi connectivity index (χ3n) is 6.14. The van der Waals surface area contributed by atoms with Gasteiger partial charge in [-0.15, -0.1) is 0 Å². The van der Waals surface area contributed by atoms with Gasteiger partial charge in [-0.3, -0.25) is 9.59 Å². The lowest BCUT2D eigenvalue weighted by molar-refractivity contribution is -0.165. The first-order valence-electron chi connectivity index (χ1n) is 11.7. The van der Waals surface area contributed by atoms with Gasteiger partial charge >= 0.3 is 0 Å². The number of hydrogen-bond acceptors (Lipinski definition) is 7. The second kappa shape index (κ2) is 11.5. The summed E-state index contributed by atoms with van der Waals surface area (Å²) in [6, 6.07) is 16.7. The molecule has 2 aromatic carbocycles. The van der Waals surface area contributed by atoms with Gasteiger partial charge in [-0.25, -0.2) is 4.63 Å². The monoisotopic (exact) mass is 512 g/mol. The number of rotatable bonds is 9. The molecule has 1 aromatic heterocycles. The molecule has 0 spiro atoms. The fourth-order valence-corrected chi connectivity index (χ4v) is 4.20. The Bertz CT molecular complexity index is 1170. The largest absolute Gasteiger partial charge is 0.490 e. The van der Waals surface area contributed by atoms with Crippen LogP contribution in [0.15, 0.2) is 59.2 Å². The molecule has 1 unspecified atom stereocenters. The zero-order valence-electron chi connectivity index (χ0n) is 20.4. The highest BCUT2D eigenvalue weighted by molar-refractivity contribution is 6.30. The van der Waals surface area contributed by atoms with Gasteiger partial charge in [0, 0.05) is 25.2 Å². The Balaban J connectivity index is 1.49. The number of nitrogens with zero attached hydrogens (tertiary/aromatic N) is 4. The Hall–Kier alpha value is -3.43. The predicted molar refractivity (Wildman–Crippen MR) is 132 cm³/mol. The highest BCUT2D eigenvalue weighted by Gasteiger charge is 2.42. The van der Waals surface area contributed by atoms with Crippen molar-refractivity contribution in [3.05, 3.63) is 76.6 Å². The van der Waals surface area contributed by atoms with Crippen LogP contribution in [0, 0.1) is 6.92 Å². The third-order valence-corrected chi connectivity index (χ3v) is 6.40. The van der Waals surface area contributed by atoms with Gasteiger partial charge in [0.25, 0.3) is 0 Å². The van der Waals surface area contributed by atoms with Crippen LogP contribution in [0.25, 0.3) is 0 Å². The van der Waals surface area contributed by atoms with Crippen LogP contribution in [-0.4, -0.2) is 70.9 Å². The lowest BCUT2D eigenvalue weighted by atomic mass is 9.96. The summed E-state index contributed by atoms with van der Waals surface area (Å²) in [7, 11) is 1.76. The summed E-state index contributed by atoms with van der Waals surface area (Å²) in [4.78, 5) is 29.7. The fraction of sp³-hybridized carbons (Fsp3) is 0.385. The number of aryl methyl sites for hydroxylation is 1. The zero-order chi connectivity index (χ0) is 25.5. The van der Waals surface area contributed by atoms with Crippen LogP contribution in [0.3, 0.4) is 0 Å². The van der Waals surface area contributed by atoms with Crippen molar-refractivity contribution in [2.75, 3.05) is 33.4 Å². The van der Waals surface area contributed by atoms with Crippen LogP contribution in [0.4, 0.5) is 0 Å². The number of halogens is 1. The normalized spacial score (nSPS) is 17.6. The summed E-state index contributed by atoms with van der Waals surface area (Å²) in [5.41, 5.74) is 1.07. The van der Waals surface area contributed by atoms with E-state index in [0.717, 1.165) is 5.56 Å². The molecule has 0 N–H and O–H groups in total. The minimum Gasteiger partial charge on any atom is -0.490 e. The van der Waals surface area contributed by atoms with Gasteiger partial charge in [0.15, 0.2) is 0 Å². The third kappa shape index (κ3) is 6.61. The van der Waals surface area contributed by atoms with E-state index in [1.165, 1.54) is 0 Å². The first kappa shape index (κ1) is 25.7. The summed E-state index contributed by atoms with van der Waals surface area (Å²) < 4.78 is 16.9. The molecule has 0 radical (unpaired) electrons. The van der Waals surface area contributed by atoms with Crippen molar-refractivity contribution in [3.8, 4) is 5.75 Å². The first-order valence-corrected chi connectivity index (χ1v) is 12.1. The van der Waals surface area contributed by atoms with Crippen molar-refractivity contribution in [1.82, 2.24) is 20.1 Å². The van der Waals surface area contributed by atoms with Gasteiger partial charge in [-0.1, -0.05) is 52.2 Å². The van der Waals surface area contributed by atoms with Crippen molar-refractivity contribution in [2.45, 2.75) is 31.9 Å². The second-order valence-electron chi connectivity index (χ2n) is 8.97. The highest BCUT2D eigenvalue weighted by atomic mass is 35.5. The van der Waals surface area contributed by atoms with E-state index in [2.05, 4.69) is 10.3 Å². The van der Waals surface area contributed by atoms with Crippen LogP contribution in [0.1, 0.15) is 23.4 Å². The zero-order valence-corrected chi connectivity index (χ0v) is 21.1. The smallest absolute Gasteiger partial charge is 0.228 e. The Labute approximate surface area is 214 Å². The first-order chi connectivity index (χ1) is 17.3. The van der Waals surface area contributed by atoms with Crippen LogP contribution in [-0.2, 0) is 27.3 Å². The SMILES string of the molecule is Cc1nonc1CC(=O)N1CCOC(COc2ccc(Cl)cc2)(CC(=O)N(C)Cc2ccccc2)C1. The van der Waals surface area contributed by atoms with Crippen molar-refractivity contribution < 1.29 is 23.7 Å². The second-order valence-corrected chi connectivity index (χ2v) is 9.41. The van der Waals surface area contributed by atoms with Crippen molar-refractivity contribution in [2.24, 2.45) is 0 Å². The molecular weight excluding hydrogens is 484 g/mol. The van der Waals surface area contributed by atoms with Gasteiger partial charge in [0.1, 0.15) is 29.3 Å². The number of aromatic nitrogens is 2. The van der Waals surface area contributed by atoms with E-state index in [1.807, 2.05) is 30.3 Å². The van der Waals surface area contributed by atoms with E-state index in [9.17, 15) is 9.59 Å². The van der Waals surface area contributed by atoms with Crippen molar-refractivity contribution in [1.29, 1.82) is 0 Å². The molecule has 2 heterocycles. The Morgan fingerprint density at radius 1 is 1.14 bits per heavy atom. The Kier molecular flexibility index (Phi) is 8.22. The molecule has 190 valence electrons. The summed E-state index contributed by atoms with van der Waals surface area (Å²) >= 11 is 5.99. The van der Waals surface area contributed by atoms with Crippen LogP contribution in [0.5, 0.6) is 5.75 Å². The van der Waals surface area contributed by atoms with Gasteiger partial charge in [0.05, 0.1) is 26.0 Å². The topological polar surface area (TPSA) is 98.0 Å². The van der Waals surface area contributed by atoms with Crippen LogP contribution in [0.2, 0.25) is 5.02 Å². The van der Waals surface area contributed by atoms with Gasteiger partial charge < -0.3 is 19.3 Å². The maximum Gasteiger partial charge on any atom is 0.228 e. The summed E-state index contributed by atoms with van der Waals surface area (Å²) in [5, 5.41) is 8.16. The molecule has 3 aromatic rings. The number of carbonyl (C=O) groups excluding carboxylic acids is 2. The van der Waals surface area contributed by atoms with Crippen molar-refractivity contribution in [3.63, 3.8) is 0 Å². The van der Waals surface area contributed by atoms with E-state index in [-0.39, 0.29) is 44.4 Å². The number of hydrogen-bond donors (Lipinski definition) is 0. The van der Waals surface area contributed by atoms with E-state index < -0.39 is 5.60 Å². The lowest BCUT2D eigenvalue weighted by Crippen LogP contribution is -2.58. The fourth-order valence-electron chi connectivity index (χ4n) is 4.07. The molecule has 1 aliphatic rings. The Morgan fingerprint density at radius 3 is 2.58 bits per heavy atom. The molecule has 36 heavy (non-hydrogen) atoms. The number of benzene rings is 2. The maximum absolute atomic E-state index is 13.3. The summed E-state index contributed by atoms with van der Waals surface area (Å²) in [6.07, 6.45) is 0.115. The van der Waals surface area contributed by atoms with Gasteiger partial charge in [-0.2, -0.15) is 0 Å². The molecule has 0 aliphatic carbocycles. The maximum atomic E-state index is 13.3. The standard InChI is InChI=1S/C26H29ClN4O5/c1-19-23(29-36-28-19)14-24(32)31-12-13-35-26(17-31,18-34-22-10-8-21(27)9-11-22)15-25(33)30(2)16-20-6-4-3-5-7-20/h3-11H,12-18H2,1-2H3. The quantitative estimate of drug-likeness (QED) is 0.434. The summed E-state index contributed by atoms with van der Waals surface area (Å²) in [5.74, 6) is 0.350. The van der Waals surface area contributed by atoms with E-state index in [4.69, 9.17) is 25.7 Å². The van der Waals surface area contributed by atoms with Gasteiger partial charge in [0.2, 0.25) is 11.8 Å². The molecule has 1 fully saturated rings. The molecule has 2 amide bonds. The summed E-state index contributed by atoms with van der Waals surface area (Å²) in [6.45, 7) is 3.18. The molecule has 9 nitrogen and oxygen atoms in total. The van der Waals surface area contributed by atoms with Crippen molar-refractivity contribution >= 4 is 23.4 Å². The predicted octanol–water partition coefficient (Wildman–Crippen LogP) is 3.30. The lowest BCUT2D eigenvalue weighted by Gasteiger charge is -2.42. The average molecular weight is 513 g/mol. The van der Waals surface area contributed by atoms with Gasteiger partial charge in [-0.05, 0) is 36.8 Å². The molecule has 0 bridgehead atoms. The highest BCUT2D eigenvalue weighted by Crippen LogP contribution is 2.27. The molecule has 0 saturated carbocycles. The van der Waals surface area contributed by atoms with E-state index in [1.54, 1.807) is 48.0 Å². The van der Waals surface area contributed by atoms with Crippen LogP contribution < -0.4 is 4.74 Å². The molecule has 1 aliphatic heterocycles. The number of amides is 2. The molecule has 1 atom stereocenters. The van der Waals surface area contributed by atoms with E-state index in [0.29, 0.717) is 35.2 Å². The van der Waals surface area contributed by atoms with E-state index >= 15 is 0 Å². The molecule has 10 heteroatoms. The Morgan fingerprint density at radius 2 is 1.89 bits per heavy atom. The molecule has 4 rings (SSSR count). The number of morpholine rings is 1.